The van der Waals surface area contributed by atoms with E-state index >= 15 is 0 Å². The molecule has 11 aromatic carbocycles. The zero-order valence-electron chi connectivity index (χ0n) is 40.9. The Labute approximate surface area is 436 Å². The van der Waals surface area contributed by atoms with Gasteiger partial charge in [-0.25, -0.2) is 15.0 Å². The second-order valence-electron chi connectivity index (χ2n) is 19.1. The summed E-state index contributed by atoms with van der Waals surface area (Å²) in [4.78, 5) is 15.8. The molecule has 0 aliphatic rings. The van der Waals surface area contributed by atoms with Gasteiger partial charge in [-0.15, -0.1) is 0 Å². The van der Waals surface area contributed by atoms with Gasteiger partial charge in [-0.3, -0.25) is 0 Å². The lowest BCUT2D eigenvalue weighted by molar-refractivity contribution is 1.07. The number of benzene rings is 11. The Kier molecular flexibility index (Phi) is 10.8. The van der Waals surface area contributed by atoms with Gasteiger partial charge in [0, 0.05) is 49.6 Å². The first-order chi connectivity index (χ1) is 37.2. The van der Waals surface area contributed by atoms with Crippen molar-refractivity contribution < 1.29 is 0 Å². The highest BCUT2D eigenvalue weighted by Gasteiger charge is 2.41. The van der Waals surface area contributed by atoms with Gasteiger partial charge >= 0.3 is 0 Å². The van der Waals surface area contributed by atoms with Crippen molar-refractivity contribution in [1.29, 1.82) is 0 Å². The smallest absolute Gasteiger partial charge is 0.179 e. The lowest BCUT2D eigenvalue weighted by Crippen LogP contribution is -2.74. The van der Waals surface area contributed by atoms with Crippen LogP contribution in [0.1, 0.15) is 0 Å². The number of fused-ring (bicyclic) bond motifs is 6. The molecule has 0 aliphatic heterocycles. The average molecular weight is 974 g/mol. The molecule has 6 heteroatoms. The SMILES string of the molecule is c1ccc(-c2nc(-c3ccccc3)nc(-c3ccc(-n4c5ccccc5c5ccc(-n6c7ccccc7c7ccccc76)cc54)cc3-c3cccc([Si](c4ccccc4)(c4ccccc4)c4ccccc4)c3)n2)cc1. The van der Waals surface area contributed by atoms with Crippen molar-refractivity contribution >= 4 is 72.4 Å². The van der Waals surface area contributed by atoms with Gasteiger partial charge in [0.2, 0.25) is 0 Å². The molecule has 352 valence electrons. The molecule has 0 saturated carbocycles. The number of aromatic nitrogens is 5. The predicted octanol–water partition coefficient (Wildman–Crippen LogP) is 14.1. The molecule has 0 aliphatic carbocycles. The van der Waals surface area contributed by atoms with E-state index in [2.05, 4.69) is 258 Å². The third kappa shape index (κ3) is 7.41. The molecular formula is C69H47N5Si. The lowest BCUT2D eigenvalue weighted by Gasteiger charge is -2.34. The van der Waals surface area contributed by atoms with Crippen molar-refractivity contribution in [2.75, 3.05) is 0 Å². The van der Waals surface area contributed by atoms with Crippen LogP contribution in [0.2, 0.25) is 0 Å². The normalized spacial score (nSPS) is 11.7. The van der Waals surface area contributed by atoms with E-state index in [9.17, 15) is 0 Å². The standard InChI is InChI=1S/C69H47N5Si/c1-6-23-48(24-7-1)67-70-68(49-25-8-2-9-26-49)72-69(71-67)61-44-42-51(46-62(61)50-27-22-34-56(45-50)75(53-28-10-3-11-29-53,54-30-12-4-13-31-54)55-32-14-5-15-33-55)74-65-40-21-18-37-59(65)60-43-41-52(47-66(60)74)73-63-38-19-16-35-57(63)58-36-17-20-39-64(58)73/h1-47H. The fourth-order valence-corrected chi connectivity index (χ4v) is 16.4. The van der Waals surface area contributed by atoms with Crippen LogP contribution in [0.15, 0.2) is 285 Å². The number of hydrogen-bond acceptors (Lipinski definition) is 3. The first-order valence-corrected chi connectivity index (χ1v) is 27.5. The van der Waals surface area contributed by atoms with E-state index in [0.29, 0.717) is 17.5 Å². The van der Waals surface area contributed by atoms with Gasteiger partial charge in [-0.05, 0) is 80.4 Å². The van der Waals surface area contributed by atoms with Gasteiger partial charge in [0.1, 0.15) is 0 Å². The maximum absolute atomic E-state index is 5.36. The molecule has 5 nitrogen and oxygen atoms in total. The first kappa shape index (κ1) is 44.0. The van der Waals surface area contributed by atoms with Gasteiger partial charge in [0.15, 0.2) is 25.5 Å². The topological polar surface area (TPSA) is 48.5 Å². The van der Waals surface area contributed by atoms with Crippen LogP contribution in [0, 0.1) is 0 Å². The van der Waals surface area contributed by atoms with Crippen molar-refractivity contribution in [2.45, 2.75) is 0 Å². The fourth-order valence-electron chi connectivity index (χ4n) is 11.6. The summed E-state index contributed by atoms with van der Waals surface area (Å²) in [7, 11) is -2.93. The largest absolute Gasteiger partial charge is 0.309 e. The van der Waals surface area contributed by atoms with Crippen LogP contribution in [0.4, 0.5) is 0 Å². The molecule has 0 spiro atoms. The summed E-state index contributed by atoms with van der Waals surface area (Å²) in [5, 5.41) is 10.1. The minimum atomic E-state index is -2.93. The molecule has 3 aromatic heterocycles. The quantitative estimate of drug-likeness (QED) is 0.101. The minimum absolute atomic E-state index is 0.600. The van der Waals surface area contributed by atoms with Gasteiger partial charge < -0.3 is 9.13 Å². The Morgan fingerprint density at radius 3 is 1.12 bits per heavy atom. The Morgan fingerprint density at radius 1 is 0.240 bits per heavy atom. The minimum Gasteiger partial charge on any atom is -0.309 e. The molecule has 0 bridgehead atoms. The van der Waals surface area contributed by atoms with Gasteiger partial charge in [-0.1, -0.05) is 237 Å². The summed E-state index contributed by atoms with van der Waals surface area (Å²) in [5.74, 6) is 1.84. The maximum Gasteiger partial charge on any atom is 0.179 e. The Bertz CT molecular complexity index is 4190. The summed E-state index contributed by atoms with van der Waals surface area (Å²) in [5.41, 5.74) is 11.6. The summed E-state index contributed by atoms with van der Waals surface area (Å²) < 4.78 is 4.85. The highest BCUT2D eigenvalue weighted by molar-refractivity contribution is 7.19. The molecule has 0 radical (unpaired) electrons. The second-order valence-corrected chi connectivity index (χ2v) is 22.9. The molecule has 3 heterocycles. The Hall–Kier alpha value is -9.75. The first-order valence-electron chi connectivity index (χ1n) is 25.5. The van der Waals surface area contributed by atoms with E-state index in [4.69, 9.17) is 15.0 Å². The zero-order chi connectivity index (χ0) is 49.7. The molecule has 0 amide bonds. The van der Waals surface area contributed by atoms with Gasteiger partial charge in [-0.2, -0.15) is 0 Å². The van der Waals surface area contributed by atoms with E-state index < -0.39 is 8.07 Å². The van der Waals surface area contributed by atoms with Crippen molar-refractivity contribution in [3.05, 3.63) is 285 Å². The molecule has 14 rings (SSSR count). The number of para-hydroxylation sites is 3. The zero-order valence-corrected chi connectivity index (χ0v) is 41.9. The monoisotopic (exact) mass is 973 g/mol. The molecular weight excluding hydrogens is 927 g/mol. The summed E-state index contributed by atoms with van der Waals surface area (Å²) in [6, 6.07) is 103. The number of hydrogen-bond donors (Lipinski definition) is 0. The van der Waals surface area contributed by atoms with E-state index in [1.165, 1.54) is 53.3 Å². The molecule has 0 atom stereocenters. The summed E-state index contributed by atoms with van der Waals surface area (Å²) >= 11 is 0. The highest BCUT2D eigenvalue weighted by atomic mass is 28.3. The van der Waals surface area contributed by atoms with Crippen LogP contribution in [0.25, 0.3) is 100 Å². The molecule has 0 N–H and O–H groups in total. The van der Waals surface area contributed by atoms with Crippen LogP contribution >= 0.6 is 0 Å². The van der Waals surface area contributed by atoms with E-state index in [1.807, 2.05) is 36.4 Å². The molecule has 0 unspecified atom stereocenters. The van der Waals surface area contributed by atoms with Crippen LogP contribution in [0.5, 0.6) is 0 Å². The summed E-state index contributed by atoms with van der Waals surface area (Å²) in [6.45, 7) is 0. The lowest BCUT2D eigenvalue weighted by atomic mass is 9.98. The third-order valence-corrected chi connectivity index (χ3v) is 19.7. The van der Waals surface area contributed by atoms with Crippen molar-refractivity contribution in [2.24, 2.45) is 0 Å². The van der Waals surface area contributed by atoms with Crippen LogP contribution in [0.3, 0.4) is 0 Å². The second kappa shape index (κ2) is 18.4. The van der Waals surface area contributed by atoms with Gasteiger partial charge in [0.05, 0.1) is 22.1 Å². The number of nitrogens with zero attached hydrogens (tertiary/aromatic N) is 5. The van der Waals surface area contributed by atoms with Crippen molar-refractivity contribution in [3.63, 3.8) is 0 Å². The maximum atomic E-state index is 5.36. The fraction of sp³-hybridized carbons (Fsp3) is 0. The van der Waals surface area contributed by atoms with Crippen LogP contribution in [-0.4, -0.2) is 32.2 Å². The summed E-state index contributed by atoms with van der Waals surface area (Å²) in [6.07, 6.45) is 0. The predicted molar refractivity (Wildman–Crippen MR) is 314 cm³/mol. The van der Waals surface area contributed by atoms with Crippen molar-refractivity contribution in [3.8, 4) is 56.7 Å². The Morgan fingerprint density at radius 2 is 0.613 bits per heavy atom. The molecule has 0 fully saturated rings. The molecule has 75 heavy (non-hydrogen) atoms. The average Bonchev–Trinajstić information content (AvgIpc) is 4.01. The van der Waals surface area contributed by atoms with Gasteiger partial charge in [0.25, 0.3) is 0 Å². The highest BCUT2D eigenvalue weighted by Crippen LogP contribution is 2.40. The van der Waals surface area contributed by atoms with Crippen LogP contribution in [-0.2, 0) is 0 Å². The van der Waals surface area contributed by atoms with E-state index in [-0.39, 0.29) is 0 Å². The van der Waals surface area contributed by atoms with Crippen molar-refractivity contribution in [1.82, 2.24) is 24.1 Å². The number of rotatable bonds is 10. The third-order valence-electron chi connectivity index (χ3n) is 14.9. The Balaban J connectivity index is 1.05. The van der Waals surface area contributed by atoms with E-state index in [0.717, 1.165) is 50.2 Å². The van der Waals surface area contributed by atoms with Crippen LogP contribution < -0.4 is 20.7 Å². The van der Waals surface area contributed by atoms with E-state index in [1.54, 1.807) is 0 Å². The molecule has 0 saturated heterocycles. The molecule has 14 aromatic rings.